The zero-order chi connectivity index (χ0) is 11.0. The van der Waals surface area contributed by atoms with E-state index in [2.05, 4.69) is 13.8 Å². The predicted molar refractivity (Wildman–Crippen MR) is 68.0 cm³/mol. The molecule has 1 heterocycles. The van der Waals surface area contributed by atoms with Crippen molar-refractivity contribution in [2.24, 2.45) is 0 Å². The summed E-state index contributed by atoms with van der Waals surface area (Å²) in [6, 6.07) is 0. The molecule has 0 aromatic carbocycles. The van der Waals surface area contributed by atoms with Crippen LogP contribution in [0.2, 0.25) is 0 Å². The highest BCUT2D eigenvalue weighted by Gasteiger charge is 2.30. The first-order chi connectivity index (χ1) is 7.33. The monoisotopic (exact) mass is 231 g/mol. The van der Waals surface area contributed by atoms with E-state index in [1.165, 1.54) is 82.0 Å². The number of rotatable bonds is 8. The molecule has 0 bridgehead atoms. The van der Waals surface area contributed by atoms with E-state index in [9.17, 15) is 0 Å². The molecule has 16 heavy (non-hydrogen) atoms. The van der Waals surface area contributed by atoms with Crippen LogP contribution in [0, 0.1) is 0 Å². The van der Waals surface area contributed by atoms with Crippen molar-refractivity contribution in [2.45, 2.75) is 65.2 Å². The molecule has 1 aliphatic heterocycles. The molecule has 1 fully saturated rings. The van der Waals surface area contributed by atoms with E-state index in [1.54, 1.807) is 0 Å². The molecule has 0 aliphatic carbocycles. The summed E-state index contributed by atoms with van der Waals surface area (Å²) in [5.74, 6) is 0. The average Bonchev–Trinajstić information content (AvgIpc) is 2.71. The molecule has 0 saturated carbocycles. The fraction of sp³-hybridized carbons (Fsp3) is 1.00. The SMILES string of the molecule is CCCCCC[N+]1(CCCC)CCCC1.[F-]. The molecule has 1 nitrogen and oxygen atoms in total. The summed E-state index contributed by atoms with van der Waals surface area (Å²) in [6.07, 6.45) is 11.5. The Morgan fingerprint density at radius 1 is 0.750 bits per heavy atom. The number of quaternary nitrogens is 1. The van der Waals surface area contributed by atoms with Crippen molar-refractivity contribution in [1.29, 1.82) is 0 Å². The number of nitrogens with zero attached hydrogens (tertiary/aromatic N) is 1. The molecule has 0 N–H and O–H groups in total. The summed E-state index contributed by atoms with van der Waals surface area (Å²) in [5, 5.41) is 0. The Labute approximate surface area is 101 Å². The minimum Gasteiger partial charge on any atom is -1.00 e. The van der Waals surface area contributed by atoms with Gasteiger partial charge in [-0.05, 0) is 19.3 Å². The molecule has 0 aromatic heterocycles. The van der Waals surface area contributed by atoms with Gasteiger partial charge in [0.2, 0.25) is 0 Å². The Morgan fingerprint density at radius 2 is 1.31 bits per heavy atom. The smallest absolute Gasteiger partial charge is 0.0788 e. The summed E-state index contributed by atoms with van der Waals surface area (Å²) in [4.78, 5) is 0. The molecule has 0 aromatic rings. The van der Waals surface area contributed by atoms with Gasteiger partial charge in [-0.15, -0.1) is 0 Å². The highest BCUT2D eigenvalue weighted by molar-refractivity contribution is 4.56. The van der Waals surface area contributed by atoms with E-state index in [-0.39, 0.29) is 4.70 Å². The normalized spacial score (nSPS) is 18.4. The van der Waals surface area contributed by atoms with Crippen LogP contribution in [0.15, 0.2) is 0 Å². The van der Waals surface area contributed by atoms with Crippen molar-refractivity contribution >= 4 is 0 Å². The van der Waals surface area contributed by atoms with Gasteiger partial charge in [0, 0.05) is 12.8 Å². The van der Waals surface area contributed by atoms with Crippen molar-refractivity contribution in [2.75, 3.05) is 26.2 Å². The van der Waals surface area contributed by atoms with Crippen LogP contribution in [0.25, 0.3) is 0 Å². The van der Waals surface area contributed by atoms with E-state index in [0.29, 0.717) is 0 Å². The molecule has 2 heteroatoms. The zero-order valence-electron chi connectivity index (χ0n) is 11.3. The number of likely N-dealkylation sites (tertiary alicyclic amines) is 1. The van der Waals surface area contributed by atoms with E-state index in [1.807, 2.05) is 0 Å². The topological polar surface area (TPSA) is 0 Å². The third kappa shape index (κ3) is 5.29. The van der Waals surface area contributed by atoms with Crippen LogP contribution in [0.3, 0.4) is 0 Å². The Bertz CT molecular complexity index is 153. The molecule has 0 unspecified atom stereocenters. The Balaban J connectivity index is 0.00000225. The van der Waals surface area contributed by atoms with Crippen molar-refractivity contribution in [3.8, 4) is 0 Å². The summed E-state index contributed by atoms with van der Waals surface area (Å²) < 4.78 is 1.47. The van der Waals surface area contributed by atoms with Crippen LogP contribution >= 0.6 is 0 Å². The molecule has 0 atom stereocenters. The summed E-state index contributed by atoms with van der Waals surface area (Å²) in [6.45, 7) is 10.5. The van der Waals surface area contributed by atoms with Gasteiger partial charge >= 0.3 is 0 Å². The molecular formula is C14H30FN. The zero-order valence-corrected chi connectivity index (χ0v) is 11.3. The van der Waals surface area contributed by atoms with Gasteiger partial charge in [0.1, 0.15) is 0 Å². The maximum Gasteiger partial charge on any atom is 0.0788 e. The second kappa shape index (κ2) is 8.98. The number of hydrogen-bond acceptors (Lipinski definition) is 0. The van der Waals surface area contributed by atoms with Crippen LogP contribution < -0.4 is 4.70 Å². The Morgan fingerprint density at radius 3 is 1.88 bits per heavy atom. The third-order valence-electron chi connectivity index (χ3n) is 3.99. The molecule has 98 valence electrons. The van der Waals surface area contributed by atoms with Crippen LogP contribution in [-0.4, -0.2) is 30.7 Å². The number of halogens is 1. The van der Waals surface area contributed by atoms with Gasteiger partial charge in [-0.3, -0.25) is 0 Å². The maximum atomic E-state index is 2.32. The standard InChI is InChI=1S/C14H30N.FH/c1-3-5-7-8-12-15(11-6-4-2)13-9-10-14-15;/h3-14H2,1-2H3;1H/q+1;/p-1. The second-order valence-electron chi connectivity index (χ2n) is 5.36. The van der Waals surface area contributed by atoms with E-state index >= 15 is 0 Å². The van der Waals surface area contributed by atoms with Crippen molar-refractivity contribution < 1.29 is 9.19 Å². The Kier molecular flexibility index (Phi) is 8.91. The van der Waals surface area contributed by atoms with E-state index < -0.39 is 0 Å². The fourth-order valence-corrected chi connectivity index (χ4v) is 2.93. The lowest BCUT2D eigenvalue weighted by Crippen LogP contribution is -3.00. The summed E-state index contributed by atoms with van der Waals surface area (Å²) in [7, 11) is 0. The van der Waals surface area contributed by atoms with Gasteiger partial charge in [0.15, 0.2) is 0 Å². The molecule has 1 saturated heterocycles. The van der Waals surface area contributed by atoms with Gasteiger partial charge in [0.25, 0.3) is 0 Å². The van der Waals surface area contributed by atoms with E-state index in [4.69, 9.17) is 0 Å². The quantitative estimate of drug-likeness (QED) is 0.431. The van der Waals surface area contributed by atoms with Crippen LogP contribution in [-0.2, 0) is 0 Å². The first-order valence-corrected chi connectivity index (χ1v) is 7.18. The highest BCUT2D eigenvalue weighted by Crippen LogP contribution is 2.22. The third-order valence-corrected chi connectivity index (χ3v) is 3.99. The minimum atomic E-state index is 0. The second-order valence-corrected chi connectivity index (χ2v) is 5.36. The van der Waals surface area contributed by atoms with Crippen molar-refractivity contribution in [1.82, 2.24) is 0 Å². The summed E-state index contributed by atoms with van der Waals surface area (Å²) in [5.41, 5.74) is 0. The average molecular weight is 231 g/mol. The lowest BCUT2D eigenvalue weighted by atomic mass is 10.1. The van der Waals surface area contributed by atoms with Crippen LogP contribution in [0.4, 0.5) is 0 Å². The van der Waals surface area contributed by atoms with E-state index in [0.717, 1.165) is 0 Å². The van der Waals surface area contributed by atoms with Gasteiger partial charge in [0.05, 0.1) is 26.2 Å². The lowest BCUT2D eigenvalue weighted by molar-refractivity contribution is -0.917. The first kappa shape index (κ1) is 15.9. The number of hydrogen-bond donors (Lipinski definition) is 0. The molecule has 1 aliphatic rings. The molecule has 0 amide bonds. The maximum absolute atomic E-state index is 2.32. The first-order valence-electron chi connectivity index (χ1n) is 7.18. The van der Waals surface area contributed by atoms with Gasteiger partial charge in [-0.1, -0.05) is 33.1 Å². The largest absolute Gasteiger partial charge is 1.00 e. The molecule has 1 rings (SSSR count). The molecule has 0 radical (unpaired) electrons. The van der Waals surface area contributed by atoms with Gasteiger partial charge < -0.3 is 9.19 Å². The highest BCUT2D eigenvalue weighted by atomic mass is 19.0. The molecular weight excluding hydrogens is 201 g/mol. The van der Waals surface area contributed by atoms with Crippen molar-refractivity contribution in [3.63, 3.8) is 0 Å². The van der Waals surface area contributed by atoms with Crippen LogP contribution in [0.1, 0.15) is 65.2 Å². The Hall–Kier alpha value is -0.110. The fourth-order valence-electron chi connectivity index (χ4n) is 2.93. The predicted octanol–water partition coefficient (Wildman–Crippen LogP) is 0.981. The lowest BCUT2D eigenvalue weighted by Gasteiger charge is -2.34. The van der Waals surface area contributed by atoms with Gasteiger partial charge in [-0.2, -0.15) is 0 Å². The molecule has 0 spiro atoms. The van der Waals surface area contributed by atoms with Crippen LogP contribution in [0.5, 0.6) is 0 Å². The van der Waals surface area contributed by atoms with Gasteiger partial charge in [-0.25, -0.2) is 0 Å². The summed E-state index contributed by atoms with van der Waals surface area (Å²) >= 11 is 0. The minimum absolute atomic E-state index is 0. The van der Waals surface area contributed by atoms with Crippen molar-refractivity contribution in [3.05, 3.63) is 0 Å². The number of unbranched alkanes of at least 4 members (excludes halogenated alkanes) is 4.